The van der Waals surface area contributed by atoms with E-state index in [9.17, 15) is 18.0 Å². The van der Waals surface area contributed by atoms with Gasteiger partial charge in [0, 0.05) is 13.2 Å². The van der Waals surface area contributed by atoms with Crippen LogP contribution in [0, 0.1) is 0 Å². The maximum absolute atomic E-state index is 12.8. The first-order chi connectivity index (χ1) is 11.9. The lowest BCUT2D eigenvalue weighted by molar-refractivity contribution is -0.137. The normalized spacial score (nSPS) is 17.7. The molecule has 3 rings (SSSR count). The van der Waals surface area contributed by atoms with Gasteiger partial charge < -0.3 is 10.1 Å². The number of aromatic nitrogens is 2. The Hall–Kier alpha value is -2.06. The van der Waals surface area contributed by atoms with Gasteiger partial charge in [-0.3, -0.25) is 4.79 Å². The van der Waals surface area contributed by atoms with E-state index >= 15 is 0 Å². The van der Waals surface area contributed by atoms with Crippen molar-refractivity contribution in [3.8, 4) is 5.69 Å². The van der Waals surface area contributed by atoms with Crippen molar-refractivity contribution in [1.29, 1.82) is 0 Å². The Bertz CT molecular complexity index is 817. The maximum atomic E-state index is 12.8. The van der Waals surface area contributed by atoms with Crippen LogP contribution in [0.15, 0.2) is 35.3 Å². The van der Waals surface area contributed by atoms with Gasteiger partial charge >= 0.3 is 6.18 Å². The number of hydrogen-bond donors (Lipinski definition) is 1. The molecule has 1 unspecified atom stereocenters. The van der Waals surface area contributed by atoms with Crippen LogP contribution in [0.4, 0.5) is 18.9 Å². The lowest BCUT2D eigenvalue weighted by Crippen LogP contribution is -2.25. The van der Waals surface area contributed by atoms with Crippen molar-refractivity contribution < 1.29 is 17.9 Å². The quantitative estimate of drug-likeness (QED) is 0.891. The number of nitrogens with one attached hydrogen (secondary N) is 1. The first kappa shape index (κ1) is 17.8. The summed E-state index contributed by atoms with van der Waals surface area (Å²) in [5, 5.41) is 6.79. The summed E-state index contributed by atoms with van der Waals surface area (Å²) >= 11 is 6.06. The molecule has 1 aliphatic rings. The molecule has 1 aromatic heterocycles. The summed E-state index contributed by atoms with van der Waals surface area (Å²) in [7, 11) is 0. The van der Waals surface area contributed by atoms with Crippen molar-refractivity contribution in [3.05, 3.63) is 51.4 Å². The number of nitrogens with zero attached hydrogens (tertiary/aromatic N) is 2. The van der Waals surface area contributed by atoms with Crippen LogP contribution in [0.5, 0.6) is 0 Å². The highest BCUT2D eigenvalue weighted by molar-refractivity contribution is 6.32. The summed E-state index contributed by atoms with van der Waals surface area (Å²) in [5.41, 5.74) is -1.24. The van der Waals surface area contributed by atoms with Gasteiger partial charge in [0.05, 0.1) is 29.2 Å². The Kier molecular flexibility index (Phi) is 5.01. The van der Waals surface area contributed by atoms with Crippen LogP contribution in [0.2, 0.25) is 5.02 Å². The van der Waals surface area contributed by atoms with E-state index in [-0.39, 0.29) is 16.8 Å². The highest BCUT2D eigenvalue weighted by atomic mass is 35.5. The van der Waals surface area contributed by atoms with E-state index in [1.807, 2.05) is 0 Å². The molecule has 1 atom stereocenters. The summed E-state index contributed by atoms with van der Waals surface area (Å²) < 4.78 is 44.8. The van der Waals surface area contributed by atoms with Crippen molar-refractivity contribution >= 4 is 17.3 Å². The van der Waals surface area contributed by atoms with E-state index in [0.29, 0.717) is 18.8 Å². The molecule has 5 nitrogen and oxygen atoms in total. The predicted molar refractivity (Wildman–Crippen MR) is 87.3 cm³/mol. The second-order valence-electron chi connectivity index (χ2n) is 5.65. The zero-order chi connectivity index (χ0) is 18.0. The SMILES string of the molecule is O=c1c(Cl)c(NCC2CCCO2)cnn1-c1cccc(C(F)(F)F)c1. The minimum atomic E-state index is -4.51. The van der Waals surface area contributed by atoms with E-state index in [2.05, 4.69) is 10.4 Å². The second kappa shape index (κ2) is 7.05. The van der Waals surface area contributed by atoms with Crippen molar-refractivity contribution in [3.63, 3.8) is 0 Å². The fourth-order valence-electron chi connectivity index (χ4n) is 2.58. The van der Waals surface area contributed by atoms with Gasteiger partial charge in [0.1, 0.15) is 5.02 Å². The smallest absolute Gasteiger partial charge is 0.380 e. The molecule has 0 bridgehead atoms. The number of alkyl halides is 3. The third-order valence-corrected chi connectivity index (χ3v) is 4.25. The molecule has 0 aliphatic carbocycles. The fourth-order valence-corrected chi connectivity index (χ4v) is 2.78. The Morgan fingerprint density at radius 2 is 2.20 bits per heavy atom. The largest absolute Gasteiger partial charge is 0.416 e. The summed E-state index contributed by atoms with van der Waals surface area (Å²) in [6.45, 7) is 1.18. The minimum Gasteiger partial charge on any atom is -0.380 e. The van der Waals surface area contributed by atoms with E-state index in [4.69, 9.17) is 16.3 Å². The first-order valence-corrected chi connectivity index (χ1v) is 8.05. The van der Waals surface area contributed by atoms with E-state index < -0.39 is 17.3 Å². The summed E-state index contributed by atoms with van der Waals surface area (Å²) in [4.78, 5) is 12.4. The molecule has 25 heavy (non-hydrogen) atoms. The van der Waals surface area contributed by atoms with Gasteiger partial charge in [0.25, 0.3) is 5.56 Å². The molecular formula is C16H15ClF3N3O2. The Labute approximate surface area is 146 Å². The minimum absolute atomic E-state index is 0.00704. The summed E-state index contributed by atoms with van der Waals surface area (Å²) in [6, 6.07) is 4.35. The molecule has 1 N–H and O–H groups in total. The number of benzene rings is 1. The molecule has 1 aliphatic heterocycles. The van der Waals surface area contributed by atoms with Gasteiger partial charge in [0.15, 0.2) is 0 Å². The van der Waals surface area contributed by atoms with E-state index in [1.165, 1.54) is 18.3 Å². The molecule has 0 radical (unpaired) electrons. The number of ether oxygens (including phenoxy) is 1. The van der Waals surface area contributed by atoms with Gasteiger partial charge in [-0.2, -0.15) is 23.0 Å². The maximum Gasteiger partial charge on any atom is 0.416 e. The lowest BCUT2D eigenvalue weighted by atomic mass is 10.2. The molecule has 1 aromatic carbocycles. The van der Waals surface area contributed by atoms with Gasteiger partial charge in [-0.05, 0) is 31.0 Å². The Balaban J connectivity index is 1.86. The highest BCUT2D eigenvalue weighted by Gasteiger charge is 2.30. The summed E-state index contributed by atoms with van der Waals surface area (Å²) in [6.07, 6.45) is -1.25. The van der Waals surface area contributed by atoms with Crippen LogP contribution in [-0.2, 0) is 10.9 Å². The van der Waals surface area contributed by atoms with Crippen molar-refractivity contribution in [2.45, 2.75) is 25.1 Å². The lowest BCUT2D eigenvalue weighted by Gasteiger charge is -2.14. The molecule has 2 heterocycles. The van der Waals surface area contributed by atoms with E-state index in [1.54, 1.807) is 0 Å². The molecule has 9 heteroatoms. The standard InChI is InChI=1S/C16H15ClF3N3O2/c17-14-13(21-8-12-5-2-6-25-12)9-22-23(15(14)24)11-4-1-3-10(7-11)16(18,19)20/h1,3-4,7,9,12,21H,2,5-6,8H2. The molecule has 134 valence electrons. The Morgan fingerprint density at radius 3 is 2.88 bits per heavy atom. The van der Waals surface area contributed by atoms with E-state index in [0.717, 1.165) is 29.7 Å². The average molecular weight is 374 g/mol. The molecule has 0 saturated carbocycles. The van der Waals surface area contributed by atoms with Crippen molar-refractivity contribution in [1.82, 2.24) is 9.78 Å². The molecule has 2 aromatic rings. The molecule has 0 spiro atoms. The molecule has 1 fully saturated rings. The highest BCUT2D eigenvalue weighted by Crippen LogP contribution is 2.30. The number of halogens is 4. The van der Waals surface area contributed by atoms with Crippen LogP contribution in [-0.4, -0.2) is 29.0 Å². The van der Waals surface area contributed by atoms with Crippen LogP contribution >= 0.6 is 11.6 Å². The zero-order valence-corrected chi connectivity index (χ0v) is 13.8. The van der Waals surface area contributed by atoms with Crippen LogP contribution in [0.1, 0.15) is 18.4 Å². The van der Waals surface area contributed by atoms with Crippen LogP contribution < -0.4 is 10.9 Å². The van der Waals surface area contributed by atoms with Gasteiger partial charge in [-0.25, -0.2) is 0 Å². The second-order valence-corrected chi connectivity index (χ2v) is 6.03. The third kappa shape index (κ3) is 3.96. The fraction of sp³-hybridized carbons (Fsp3) is 0.375. The predicted octanol–water partition coefficient (Wildman–Crippen LogP) is 3.50. The van der Waals surface area contributed by atoms with Gasteiger partial charge in [-0.1, -0.05) is 17.7 Å². The molecule has 1 saturated heterocycles. The average Bonchev–Trinajstić information content (AvgIpc) is 3.09. The van der Waals surface area contributed by atoms with Crippen LogP contribution in [0.3, 0.4) is 0 Å². The van der Waals surface area contributed by atoms with Crippen molar-refractivity contribution in [2.24, 2.45) is 0 Å². The molecule has 0 amide bonds. The third-order valence-electron chi connectivity index (χ3n) is 3.88. The molecular weight excluding hydrogens is 359 g/mol. The van der Waals surface area contributed by atoms with Crippen LogP contribution in [0.25, 0.3) is 5.69 Å². The van der Waals surface area contributed by atoms with Crippen molar-refractivity contribution in [2.75, 3.05) is 18.5 Å². The van der Waals surface area contributed by atoms with Gasteiger partial charge in [-0.15, -0.1) is 0 Å². The zero-order valence-electron chi connectivity index (χ0n) is 13.0. The monoisotopic (exact) mass is 373 g/mol. The first-order valence-electron chi connectivity index (χ1n) is 7.67. The number of rotatable bonds is 4. The Morgan fingerprint density at radius 1 is 1.40 bits per heavy atom. The number of hydrogen-bond acceptors (Lipinski definition) is 4. The van der Waals surface area contributed by atoms with Gasteiger partial charge in [0.2, 0.25) is 0 Å². The number of anilines is 1. The topological polar surface area (TPSA) is 56.1 Å². The summed E-state index contributed by atoms with van der Waals surface area (Å²) in [5.74, 6) is 0.